The maximum absolute atomic E-state index is 12.9. The molecule has 0 spiro atoms. The average Bonchev–Trinajstić information content (AvgIpc) is 3.43. The Morgan fingerprint density at radius 1 is 1.15 bits per heavy atom. The van der Waals surface area contributed by atoms with E-state index in [1.54, 1.807) is 30.9 Å². The highest BCUT2D eigenvalue weighted by atomic mass is 35.5. The summed E-state index contributed by atoms with van der Waals surface area (Å²) in [6.45, 7) is 0.0247. The first-order valence-electron chi connectivity index (χ1n) is 8.41. The first-order valence-corrected chi connectivity index (χ1v) is 10.0. The molecule has 0 heterocycles. The van der Waals surface area contributed by atoms with Crippen molar-refractivity contribution in [1.82, 2.24) is 4.90 Å². The van der Waals surface area contributed by atoms with Crippen LogP contribution in [0.1, 0.15) is 18.4 Å². The third kappa shape index (κ3) is 3.89. The number of carbonyl (C=O) groups excluding carboxylic acids is 2. The molecule has 1 saturated carbocycles. The Balaban J connectivity index is 1.66. The Labute approximate surface area is 162 Å². The molecule has 1 aliphatic rings. The second-order valence-corrected chi connectivity index (χ2v) is 7.78. The molecule has 2 amide bonds. The minimum Gasteiger partial charge on any atom is -0.336 e. The van der Waals surface area contributed by atoms with Crippen LogP contribution in [0.25, 0.3) is 0 Å². The van der Waals surface area contributed by atoms with Crippen molar-refractivity contribution in [1.29, 1.82) is 0 Å². The van der Waals surface area contributed by atoms with Gasteiger partial charge >= 0.3 is 0 Å². The van der Waals surface area contributed by atoms with Crippen LogP contribution in [0.15, 0.2) is 53.4 Å². The Kier molecular flexibility index (Phi) is 5.58. The van der Waals surface area contributed by atoms with Crippen molar-refractivity contribution >= 4 is 40.9 Å². The van der Waals surface area contributed by atoms with Gasteiger partial charge in [0.25, 0.3) is 0 Å². The third-order valence-electron chi connectivity index (χ3n) is 4.66. The number of nitrogens with zero attached hydrogens (tertiary/aromatic N) is 1. The van der Waals surface area contributed by atoms with Crippen LogP contribution in [0.4, 0.5) is 5.69 Å². The number of para-hydroxylation sites is 1. The van der Waals surface area contributed by atoms with Gasteiger partial charge in [0.05, 0.1) is 17.6 Å². The highest BCUT2D eigenvalue weighted by Gasteiger charge is 2.52. The molecule has 1 N–H and O–H groups in total. The lowest BCUT2D eigenvalue weighted by Gasteiger charge is -2.23. The topological polar surface area (TPSA) is 49.4 Å². The molecule has 4 nitrogen and oxygen atoms in total. The van der Waals surface area contributed by atoms with Crippen molar-refractivity contribution in [3.05, 3.63) is 59.1 Å². The fraction of sp³-hybridized carbons (Fsp3) is 0.300. The monoisotopic (exact) mass is 388 g/mol. The van der Waals surface area contributed by atoms with E-state index in [1.165, 1.54) is 4.90 Å². The number of hydrogen-bond acceptors (Lipinski definition) is 3. The quantitative estimate of drug-likeness (QED) is 0.755. The lowest BCUT2D eigenvalue weighted by atomic mass is 9.94. The number of likely N-dealkylation sites (N-methyl/N-ethyl adjacent to an activating group) is 1. The fourth-order valence-electron chi connectivity index (χ4n) is 3.11. The molecule has 26 heavy (non-hydrogen) atoms. The van der Waals surface area contributed by atoms with Gasteiger partial charge in [-0.15, -0.1) is 11.8 Å². The van der Waals surface area contributed by atoms with E-state index < -0.39 is 5.41 Å². The summed E-state index contributed by atoms with van der Waals surface area (Å²) in [5, 5.41) is 3.55. The number of nitrogens with one attached hydrogen (secondary N) is 1. The average molecular weight is 389 g/mol. The summed E-state index contributed by atoms with van der Waals surface area (Å²) < 4.78 is 0. The van der Waals surface area contributed by atoms with E-state index in [4.69, 9.17) is 11.6 Å². The lowest BCUT2D eigenvalue weighted by molar-refractivity contribution is -0.135. The number of anilines is 1. The number of benzene rings is 2. The van der Waals surface area contributed by atoms with Gasteiger partial charge in [0, 0.05) is 17.0 Å². The summed E-state index contributed by atoms with van der Waals surface area (Å²) in [6.07, 6.45) is 3.56. The molecular formula is C20H21ClN2O2S. The van der Waals surface area contributed by atoms with Crippen LogP contribution in [0.5, 0.6) is 0 Å². The van der Waals surface area contributed by atoms with Gasteiger partial charge in [-0.25, -0.2) is 0 Å². The van der Waals surface area contributed by atoms with E-state index in [9.17, 15) is 9.59 Å². The number of thioether (sulfide) groups is 1. The van der Waals surface area contributed by atoms with Crippen LogP contribution in [0.3, 0.4) is 0 Å². The molecule has 0 atom stereocenters. The second kappa shape index (κ2) is 7.72. The molecule has 2 aromatic carbocycles. The summed E-state index contributed by atoms with van der Waals surface area (Å²) in [7, 11) is 1.68. The third-order valence-corrected chi connectivity index (χ3v) is 5.71. The van der Waals surface area contributed by atoms with E-state index in [1.807, 2.05) is 42.7 Å². The van der Waals surface area contributed by atoms with Crippen molar-refractivity contribution < 1.29 is 9.59 Å². The SMILES string of the molecule is CSc1ccccc1NC(=O)CN(C)C(=O)C1(c2ccc(Cl)cc2)CC1. The van der Waals surface area contributed by atoms with Crippen molar-refractivity contribution in [3.63, 3.8) is 0 Å². The summed E-state index contributed by atoms with van der Waals surface area (Å²) >= 11 is 7.51. The molecule has 0 saturated heterocycles. The van der Waals surface area contributed by atoms with E-state index in [2.05, 4.69) is 5.32 Å². The van der Waals surface area contributed by atoms with Crippen molar-refractivity contribution in [2.75, 3.05) is 25.2 Å². The molecular weight excluding hydrogens is 368 g/mol. The number of carbonyl (C=O) groups is 2. The predicted molar refractivity (Wildman–Crippen MR) is 107 cm³/mol. The molecule has 1 fully saturated rings. The van der Waals surface area contributed by atoms with E-state index >= 15 is 0 Å². The van der Waals surface area contributed by atoms with Gasteiger partial charge in [-0.1, -0.05) is 35.9 Å². The Morgan fingerprint density at radius 3 is 2.42 bits per heavy atom. The maximum atomic E-state index is 12.9. The van der Waals surface area contributed by atoms with Crippen molar-refractivity contribution in [2.24, 2.45) is 0 Å². The summed E-state index contributed by atoms with van der Waals surface area (Å²) in [5.41, 5.74) is 1.23. The van der Waals surface area contributed by atoms with Crippen molar-refractivity contribution in [2.45, 2.75) is 23.2 Å². The van der Waals surface area contributed by atoms with Gasteiger partial charge in [-0.2, -0.15) is 0 Å². The number of hydrogen-bond donors (Lipinski definition) is 1. The van der Waals surface area contributed by atoms with Gasteiger partial charge in [0.1, 0.15) is 0 Å². The van der Waals surface area contributed by atoms with Crippen LogP contribution in [-0.2, 0) is 15.0 Å². The van der Waals surface area contributed by atoms with E-state index in [0.29, 0.717) is 5.02 Å². The number of halogens is 1. The molecule has 0 aliphatic heterocycles. The predicted octanol–water partition coefficient (Wildman–Crippen LogP) is 4.19. The number of amides is 2. The highest BCUT2D eigenvalue weighted by molar-refractivity contribution is 7.98. The van der Waals surface area contributed by atoms with Gasteiger partial charge < -0.3 is 10.2 Å². The molecule has 6 heteroatoms. The van der Waals surface area contributed by atoms with Crippen LogP contribution >= 0.6 is 23.4 Å². The van der Waals surface area contributed by atoms with Gasteiger partial charge in [0.2, 0.25) is 11.8 Å². The van der Waals surface area contributed by atoms with Crippen LogP contribution in [0.2, 0.25) is 5.02 Å². The van der Waals surface area contributed by atoms with Gasteiger partial charge in [-0.3, -0.25) is 9.59 Å². The van der Waals surface area contributed by atoms with Crippen molar-refractivity contribution in [3.8, 4) is 0 Å². The molecule has 0 bridgehead atoms. The smallest absolute Gasteiger partial charge is 0.244 e. The Hall–Kier alpha value is -1.98. The zero-order valence-corrected chi connectivity index (χ0v) is 16.4. The summed E-state index contributed by atoms with van der Waals surface area (Å²) in [6, 6.07) is 15.0. The fourth-order valence-corrected chi connectivity index (χ4v) is 3.79. The largest absolute Gasteiger partial charge is 0.336 e. The van der Waals surface area contributed by atoms with Crippen LogP contribution in [-0.4, -0.2) is 36.6 Å². The molecule has 3 rings (SSSR count). The minimum absolute atomic E-state index is 0.0203. The van der Waals surface area contributed by atoms with Gasteiger partial charge in [-0.05, 0) is 48.9 Å². The zero-order valence-electron chi connectivity index (χ0n) is 14.8. The molecule has 136 valence electrons. The molecule has 0 radical (unpaired) electrons. The normalized spacial score (nSPS) is 14.6. The number of rotatable bonds is 6. The van der Waals surface area contributed by atoms with E-state index in [-0.39, 0.29) is 18.4 Å². The van der Waals surface area contributed by atoms with E-state index in [0.717, 1.165) is 29.0 Å². The first-order chi connectivity index (χ1) is 12.5. The Morgan fingerprint density at radius 2 is 1.81 bits per heavy atom. The second-order valence-electron chi connectivity index (χ2n) is 6.50. The minimum atomic E-state index is -0.503. The molecule has 0 aromatic heterocycles. The molecule has 1 aliphatic carbocycles. The highest BCUT2D eigenvalue weighted by Crippen LogP contribution is 2.49. The van der Waals surface area contributed by atoms with Gasteiger partial charge in [0.15, 0.2) is 0 Å². The maximum Gasteiger partial charge on any atom is 0.244 e. The Bertz CT molecular complexity index is 819. The van der Waals surface area contributed by atoms with Crippen LogP contribution in [0, 0.1) is 0 Å². The summed E-state index contributed by atoms with van der Waals surface area (Å²) in [5.74, 6) is -0.220. The summed E-state index contributed by atoms with van der Waals surface area (Å²) in [4.78, 5) is 27.8. The zero-order chi connectivity index (χ0) is 18.7. The first kappa shape index (κ1) is 18.8. The molecule has 0 unspecified atom stereocenters. The van der Waals surface area contributed by atoms with Crippen LogP contribution < -0.4 is 5.32 Å². The molecule has 2 aromatic rings. The lowest BCUT2D eigenvalue weighted by Crippen LogP contribution is -2.41. The standard InChI is InChI=1S/C20H21ClN2O2S/c1-23(13-18(24)22-16-5-3-4-6-17(16)26-2)19(25)20(11-12-20)14-7-9-15(21)10-8-14/h3-10H,11-13H2,1-2H3,(H,22,24).